The van der Waals surface area contributed by atoms with Crippen molar-refractivity contribution in [3.8, 4) is 0 Å². The molecule has 1 saturated heterocycles. The van der Waals surface area contributed by atoms with E-state index in [4.69, 9.17) is 4.74 Å². The van der Waals surface area contributed by atoms with Gasteiger partial charge in [-0.15, -0.1) is 0 Å². The lowest BCUT2D eigenvalue weighted by Gasteiger charge is -2.27. The van der Waals surface area contributed by atoms with Crippen LogP contribution in [0.25, 0.3) is 0 Å². The van der Waals surface area contributed by atoms with Crippen molar-refractivity contribution < 1.29 is 9.53 Å². The van der Waals surface area contributed by atoms with E-state index in [1.165, 1.54) is 6.42 Å². The number of Topliss-reactive ketones (excluding diaryl/α,β-unsaturated/α-hetero) is 1. The number of hydrogen-bond acceptors (Lipinski definition) is 3. The van der Waals surface area contributed by atoms with Crippen LogP contribution in [0.15, 0.2) is 0 Å². The largest absolute Gasteiger partial charge is 0.384 e. The molecule has 1 unspecified atom stereocenters. The molecule has 0 aliphatic carbocycles. The summed E-state index contributed by atoms with van der Waals surface area (Å²) in [4.78, 5) is 13.8. The van der Waals surface area contributed by atoms with Crippen LogP contribution < -0.4 is 0 Å². The topological polar surface area (TPSA) is 29.5 Å². The molecule has 0 aromatic carbocycles. The Morgan fingerprint density at radius 1 is 1.53 bits per heavy atom. The third kappa shape index (κ3) is 3.58. The summed E-state index contributed by atoms with van der Waals surface area (Å²) < 4.78 is 5.16. The maximum atomic E-state index is 11.4. The van der Waals surface area contributed by atoms with Gasteiger partial charge in [-0.25, -0.2) is 0 Å². The first kappa shape index (κ1) is 12.7. The van der Waals surface area contributed by atoms with E-state index in [1.54, 1.807) is 14.0 Å². The van der Waals surface area contributed by atoms with Gasteiger partial charge < -0.3 is 9.64 Å². The summed E-state index contributed by atoms with van der Waals surface area (Å²) in [6, 6.07) is 0. The van der Waals surface area contributed by atoms with Crippen LogP contribution in [0.4, 0.5) is 0 Å². The van der Waals surface area contributed by atoms with Crippen LogP contribution in [0.1, 0.15) is 27.2 Å². The number of likely N-dealkylation sites (tertiary alicyclic amines) is 1. The van der Waals surface area contributed by atoms with E-state index >= 15 is 0 Å². The van der Waals surface area contributed by atoms with Crippen molar-refractivity contribution >= 4 is 5.78 Å². The SMILES string of the molecule is COCC1CCN(CC(C)(C)C(C)=O)C1. The summed E-state index contributed by atoms with van der Waals surface area (Å²) >= 11 is 0. The fourth-order valence-electron chi connectivity index (χ4n) is 2.10. The minimum absolute atomic E-state index is 0.206. The second-order valence-electron chi connectivity index (χ2n) is 5.29. The first-order chi connectivity index (χ1) is 6.95. The van der Waals surface area contributed by atoms with Gasteiger partial charge in [0.05, 0.1) is 6.61 Å². The fraction of sp³-hybridized carbons (Fsp3) is 0.917. The number of ether oxygens (including phenoxy) is 1. The second kappa shape index (κ2) is 5.08. The third-order valence-corrected chi connectivity index (χ3v) is 3.34. The van der Waals surface area contributed by atoms with Gasteiger partial charge in [-0.1, -0.05) is 13.8 Å². The smallest absolute Gasteiger partial charge is 0.136 e. The van der Waals surface area contributed by atoms with E-state index in [2.05, 4.69) is 4.90 Å². The zero-order valence-electron chi connectivity index (χ0n) is 10.4. The van der Waals surface area contributed by atoms with E-state index in [9.17, 15) is 4.79 Å². The number of hydrogen-bond donors (Lipinski definition) is 0. The number of nitrogens with zero attached hydrogens (tertiary/aromatic N) is 1. The van der Waals surface area contributed by atoms with Crippen molar-refractivity contribution in [1.29, 1.82) is 0 Å². The van der Waals surface area contributed by atoms with E-state index in [1.807, 2.05) is 13.8 Å². The van der Waals surface area contributed by atoms with Gasteiger partial charge in [-0.3, -0.25) is 4.79 Å². The summed E-state index contributed by atoms with van der Waals surface area (Å²) in [5.41, 5.74) is -0.206. The molecule has 88 valence electrons. The fourth-order valence-corrected chi connectivity index (χ4v) is 2.10. The second-order valence-corrected chi connectivity index (χ2v) is 5.29. The molecule has 3 heteroatoms. The summed E-state index contributed by atoms with van der Waals surface area (Å²) in [6.45, 7) is 9.63. The molecule has 0 spiro atoms. The highest BCUT2D eigenvalue weighted by molar-refractivity contribution is 5.81. The summed E-state index contributed by atoms with van der Waals surface area (Å²) in [5.74, 6) is 0.926. The van der Waals surface area contributed by atoms with Gasteiger partial charge in [0.1, 0.15) is 5.78 Å². The molecule has 1 aliphatic rings. The zero-order valence-corrected chi connectivity index (χ0v) is 10.4. The Morgan fingerprint density at radius 3 is 2.73 bits per heavy atom. The van der Waals surface area contributed by atoms with Crippen LogP contribution in [-0.4, -0.2) is 44.0 Å². The van der Waals surface area contributed by atoms with Crippen LogP contribution in [0.2, 0.25) is 0 Å². The van der Waals surface area contributed by atoms with Gasteiger partial charge >= 0.3 is 0 Å². The number of methoxy groups -OCH3 is 1. The standard InChI is InChI=1S/C12H23NO2/c1-10(14)12(2,3)9-13-6-5-11(7-13)8-15-4/h11H,5-9H2,1-4H3. The predicted octanol–water partition coefficient (Wildman–Crippen LogP) is 1.57. The highest BCUT2D eigenvalue weighted by Crippen LogP contribution is 2.23. The molecule has 1 rings (SSSR count). The normalized spacial score (nSPS) is 23.3. The van der Waals surface area contributed by atoms with E-state index < -0.39 is 0 Å². The molecule has 0 amide bonds. The average molecular weight is 213 g/mol. The van der Waals surface area contributed by atoms with Crippen LogP contribution in [0.5, 0.6) is 0 Å². The lowest BCUT2D eigenvalue weighted by Crippen LogP contribution is -2.37. The van der Waals surface area contributed by atoms with Crippen molar-refractivity contribution in [2.24, 2.45) is 11.3 Å². The Bertz CT molecular complexity index is 226. The minimum Gasteiger partial charge on any atom is -0.384 e. The predicted molar refractivity (Wildman–Crippen MR) is 60.9 cm³/mol. The van der Waals surface area contributed by atoms with E-state index in [0.717, 1.165) is 26.2 Å². The maximum absolute atomic E-state index is 11.4. The van der Waals surface area contributed by atoms with Crippen molar-refractivity contribution in [1.82, 2.24) is 4.90 Å². The van der Waals surface area contributed by atoms with Gasteiger partial charge in [-0.05, 0) is 25.8 Å². The first-order valence-corrected chi connectivity index (χ1v) is 5.68. The van der Waals surface area contributed by atoms with Crippen LogP contribution in [0.3, 0.4) is 0 Å². The van der Waals surface area contributed by atoms with E-state index in [0.29, 0.717) is 5.92 Å². The van der Waals surface area contributed by atoms with Crippen LogP contribution in [0, 0.1) is 11.3 Å². The molecule has 1 aliphatic heterocycles. The van der Waals surface area contributed by atoms with E-state index in [-0.39, 0.29) is 11.2 Å². The number of carbonyl (C=O) groups is 1. The summed E-state index contributed by atoms with van der Waals surface area (Å²) in [5, 5.41) is 0. The lowest BCUT2D eigenvalue weighted by atomic mass is 9.88. The summed E-state index contributed by atoms with van der Waals surface area (Å²) in [6.07, 6.45) is 1.20. The Balaban J connectivity index is 2.38. The molecule has 0 N–H and O–H groups in total. The first-order valence-electron chi connectivity index (χ1n) is 5.68. The molecule has 1 atom stereocenters. The van der Waals surface area contributed by atoms with Crippen molar-refractivity contribution in [2.75, 3.05) is 33.4 Å². The Kier molecular flexibility index (Phi) is 4.29. The van der Waals surface area contributed by atoms with Gasteiger partial charge in [0.15, 0.2) is 0 Å². The number of rotatable bonds is 5. The molecule has 1 heterocycles. The Labute approximate surface area is 92.8 Å². The highest BCUT2D eigenvalue weighted by Gasteiger charge is 2.30. The van der Waals surface area contributed by atoms with Crippen molar-refractivity contribution in [3.05, 3.63) is 0 Å². The van der Waals surface area contributed by atoms with Gasteiger partial charge in [0.2, 0.25) is 0 Å². The molecule has 3 nitrogen and oxygen atoms in total. The monoisotopic (exact) mass is 213 g/mol. The number of ketones is 1. The molecule has 0 radical (unpaired) electrons. The van der Waals surface area contributed by atoms with Crippen LogP contribution >= 0.6 is 0 Å². The maximum Gasteiger partial charge on any atom is 0.136 e. The van der Waals surface area contributed by atoms with Crippen LogP contribution in [-0.2, 0) is 9.53 Å². The molecule has 1 fully saturated rings. The van der Waals surface area contributed by atoms with Crippen molar-refractivity contribution in [3.63, 3.8) is 0 Å². The van der Waals surface area contributed by atoms with Gasteiger partial charge in [0, 0.05) is 25.6 Å². The molecule has 0 bridgehead atoms. The minimum atomic E-state index is -0.206. The zero-order chi connectivity index (χ0) is 11.5. The molecular weight excluding hydrogens is 190 g/mol. The van der Waals surface area contributed by atoms with Crippen molar-refractivity contribution in [2.45, 2.75) is 27.2 Å². The quantitative estimate of drug-likeness (QED) is 0.694. The van der Waals surface area contributed by atoms with Gasteiger partial charge in [-0.2, -0.15) is 0 Å². The lowest BCUT2D eigenvalue weighted by molar-refractivity contribution is -0.125. The summed E-state index contributed by atoms with van der Waals surface area (Å²) in [7, 11) is 1.75. The molecule has 0 saturated carbocycles. The highest BCUT2D eigenvalue weighted by atomic mass is 16.5. The molecule has 0 aromatic heterocycles. The molecule has 15 heavy (non-hydrogen) atoms. The Morgan fingerprint density at radius 2 is 2.20 bits per heavy atom. The molecule has 0 aromatic rings. The third-order valence-electron chi connectivity index (χ3n) is 3.34. The number of carbonyl (C=O) groups excluding carboxylic acids is 1. The average Bonchev–Trinajstić information content (AvgIpc) is 2.52. The Hall–Kier alpha value is -0.410. The van der Waals surface area contributed by atoms with Gasteiger partial charge in [0.25, 0.3) is 0 Å². The molecular formula is C12H23NO2.